The van der Waals surface area contributed by atoms with Crippen LogP contribution in [-0.2, 0) is 6.42 Å². The second kappa shape index (κ2) is 5.59. The molecule has 0 aromatic heterocycles. The summed E-state index contributed by atoms with van der Waals surface area (Å²) >= 11 is 0. The summed E-state index contributed by atoms with van der Waals surface area (Å²) in [4.78, 5) is 10.5. The lowest BCUT2D eigenvalue weighted by Gasteiger charge is -2.01. The van der Waals surface area contributed by atoms with E-state index in [-0.39, 0.29) is 0 Å². The molecule has 0 heterocycles. The number of primary amides is 1. The lowest BCUT2D eigenvalue weighted by molar-refractivity contribution is 0.252. The van der Waals surface area contributed by atoms with Crippen LogP contribution in [0.4, 0.5) is 4.79 Å². The summed E-state index contributed by atoms with van der Waals surface area (Å²) in [7, 11) is 0. The summed E-state index contributed by atoms with van der Waals surface area (Å²) < 4.78 is 0. The maximum atomic E-state index is 10.5. The van der Waals surface area contributed by atoms with Crippen LogP contribution in [0, 0.1) is 5.41 Å². The molecule has 1 aromatic carbocycles. The predicted molar refractivity (Wildman–Crippen MR) is 59.7 cm³/mol. The third-order valence-corrected chi connectivity index (χ3v) is 1.84. The average Bonchev–Trinajstić information content (AvgIpc) is 2.25. The number of carbonyl (C=O) groups is 1. The molecule has 0 fully saturated rings. The van der Waals surface area contributed by atoms with Crippen molar-refractivity contribution in [2.45, 2.75) is 6.42 Å². The number of nitrogens with two attached hydrogens (primary N) is 1. The lowest BCUT2D eigenvalue weighted by Crippen LogP contribution is -2.24. The summed E-state index contributed by atoms with van der Waals surface area (Å²) in [5.41, 5.74) is 6.70. The third kappa shape index (κ3) is 4.08. The van der Waals surface area contributed by atoms with Crippen molar-refractivity contribution in [1.82, 2.24) is 5.32 Å². The van der Waals surface area contributed by atoms with Crippen molar-refractivity contribution in [3.63, 3.8) is 0 Å². The topological polar surface area (TPSA) is 79.0 Å². The third-order valence-electron chi connectivity index (χ3n) is 1.84. The molecule has 0 aliphatic heterocycles. The molecule has 0 aliphatic rings. The maximum absolute atomic E-state index is 10.5. The molecule has 15 heavy (non-hydrogen) atoms. The van der Waals surface area contributed by atoms with E-state index in [1.165, 1.54) is 12.4 Å². The molecule has 0 atom stereocenters. The average molecular weight is 203 g/mol. The van der Waals surface area contributed by atoms with Gasteiger partial charge in [0.05, 0.1) is 0 Å². The van der Waals surface area contributed by atoms with Crippen molar-refractivity contribution in [1.29, 1.82) is 5.41 Å². The van der Waals surface area contributed by atoms with E-state index in [1.54, 1.807) is 0 Å². The van der Waals surface area contributed by atoms with E-state index >= 15 is 0 Å². The van der Waals surface area contributed by atoms with Gasteiger partial charge in [-0.1, -0.05) is 30.3 Å². The van der Waals surface area contributed by atoms with Gasteiger partial charge in [0.25, 0.3) is 0 Å². The quantitative estimate of drug-likeness (QED) is 0.636. The minimum atomic E-state index is -0.623. The van der Waals surface area contributed by atoms with Crippen molar-refractivity contribution in [2.75, 3.05) is 0 Å². The van der Waals surface area contributed by atoms with E-state index < -0.39 is 6.03 Å². The molecule has 0 unspecified atom stereocenters. The smallest absolute Gasteiger partial charge is 0.316 e. The van der Waals surface area contributed by atoms with Gasteiger partial charge in [-0.2, -0.15) is 0 Å². The van der Waals surface area contributed by atoms with E-state index in [4.69, 9.17) is 11.1 Å². The fourth-order valence-corrected chi connectivity index (χ4v) is 1.14. The van der Waals surface area contributed by atoms with Crippen molar-refractivity contribution in [3.8, 4) is 0 Å². The summed E-state index contributed by atoms with van der Waals surface area (Å²) in [5.74, 6) is 0. The van der Waals surface area contributed by atoms with E-state index in [9.17, 15) is 4.79 Å². The van der Waals surface area contributed by atoms with E-state index in [0.717, 1.165) is 5.56 Å². The Balaban J connectivity index is 2.65. The predicted octanol–water partition coefficient (Wildman–Crippen LogP) is 1.43. The van der Waals surface area contributed by atoms with Gasteiger partial charge in [0.2, 0.25) is 0 Å². The standard InChI is InChI=1S/C11H13N3O/c12-7-10(8-14-11(13)15)6-9-4-2-1-3-5-9/h1-5,7-8,12H,6H2,(H3,13,14,15)/b10-8-,12-7?. The highest BCUT2D eigenvalue weighted by Gasteiger charge is 1.96. The largest absolute Gasteiger partial charge is 0.351 e. The van der Waals surface area contributed by atoms with Crippen LogP contribution in [0.2, 0.25) is 0 Å². The summed E-state index contributed by atoms with van der Waals surface area (Å²) in [6.45, 7) is 0. The first-order chi connectivity index (χ1) is 7.22. The van der Waals surface area contributed by atoms with Crippen LogP contribution in [0.1, 0.15) is 5.56 Å². The Morgan fingerprint density at radius 2 is 2.07 bits per heavy atom. The van der Waals surface area contributed by atoms with Crippen LogP contribution in [0.25, 0.3) is 0 Å². The number of amides is 2. The van der Waals surface area contributed by atoms with E-state index in [1.807, 2.05) is 30.3 Å². The molecule has 1 rings (SSSR count). The first kappa shape index (κ1) is 11.0. The molecule has 0 radical (unpaired) electrons. The Labute approximate surface area is 88.3 Å². The molecule has 4 nitrogen and oxygen atoms in total. The Hall–Kier alpha value is -2.10. The zero-order chi connectivity index (χ0) is 11.1. The Morgan fingerprint density at radius 3 is 2.60 bits per heavy atom. The molecular formula is C11H13N3O. The zero-order valence-corrected chi connectivity index (χ0v) is 8.23. The van der Waals surface area contributed by atoms with Gasteiger partial charge in [-0.25, -0.2) is 4.79 Å². The number of benzene rings is 1. The Morgan fingerprint density at radius 1 is 1.40 bits per heavy atom. The molecule has 4 heteroatoms. The second-order valence-electron chi connectivity index (χ2n) is 3.03. The highest BCUT2D eigenvalue weighted by atomic mass is 16.2. The number of rotatable bonds is 4. The molecule has 0 saturated heterocycles. The minimum Gasteiger partial charge on any atom is -0.351 e. The number of hydrogen-bond donors (Lipinski definition) is 3. The van der Waals surface area contributed by atoms with Crippen molar-refractivity contribution >= 4 is 12.2 Å². The van der Waals surface area contributed by atoms with Crippen molar-refractivity contribution in [2.24, 2.45) is 5.73 Å². The number of nitrogens with one attached hydrogen (secondary N) is 2. The number of allylic oxidation sites excluding steroid dienone is 1. The Bertz CT molecular complexity index is 371. The Kier molecular flexibility index (Phi) is 4.09. The summed E-state index contributed by atoms with van der Waals surface area (Å²) in [6.07, 6.45) is 3.25. The van der Waals surface area contributed by atoms with Crippen LogP contribution in [0.15, 0.2) is 42.1 Å². The van der Waals surface area contributed by atoms with Crippen LogP contribution < -0.4 is 11.1 Å². The monoisotopic (exact) mass is 203 g/mol. The van der Waals surface area contributed by atoms with Crippen LogP contribution in [0.3, 0.4) is 0 Å². The van der Waals surface area contributed by atoms with Crippen LogP contribution in [-0.4, -0.2) is 12.2 Å². The van der Waals surface area contributed by atoms with E-state index in [0.29, 0.717) is 12.0 Å². The summed E-state index contributed by atoms with van der Waals surface area (Å²) in [5, 5.41) is 9.51. The van der Waals surface area contributed by atoms with Gasteiger partial charge >= 0.3 is 6.03 Å². The molecule has 78 valence electrons. The minimum absolute atomic E-state index is 0.602. The van der Waals surface area contributed by atoms with Gasteiger partial charge in [0, 0.05) is 18.8 Å². The van der Waals surface area contributed by atoms with Crippen molar-refractivity contribution < 1.29 is 4.79 Å². The van der Waals surface area contributed by atoms with Crippen LogP contribution >= 0.6 is 0 Å². The normalized spacial score (nSPS) is 10.8. The number of urea groups is 1. The highest BCUT2D eigenvalue weighted by Crippen LogP contribution is 2.04. The van der Waals surface area contributed by atoms with Gasteiger partial charge in [-0.05, 0) is 11.1 Å². The van der Waals surface area contributed by atoms with Gasteiger partial charge in [-0.15, -0.1) is 0 Å². The first-order valence-corrected chi connectivity index (χ1v) is 4.52. The SMILES string of the molecule is N=C/C(=C\NC(N)=O)Cc1ccccc1. The second-order valence-corrected chi connectivity index (χ2v) is 3.03. The first-order valence-electron chi connectivity index (χ1n) is 4.52. The highest BCUT2D eigenvalue weighted by molar-refractivity contribution is 5.79. The summed E-state index contributed by atoms with van der Waals surface area (Å²) in [6, 6.07) is 9.08. The van der Waals surface area contributed by atoms with Crippen molar-refractivity contribution in [3.05, 3.63) is 47.7 Å². The number of carbonyl (C=O) groups excluding carboxylic acids is 1. The fraction of sp³-hybridized carbons (Fsp3) is 0.0909. The van der Waals surface area contributed by atoms with Gasteiger partial charge in [0.1, 0.15) is 0 Å². The number of hydrogen-bond acceptors (Lipinski definition) is 2. The maximum Gasteiger partial charge on any atom is 0.316 e. The fourth-order valence-electron chi connectivity index (χ4n) is 1.14. The zero-order valence-electron chi connectivity index (χ0n) is 8.23. The molecule has 0 saturated carbocycles. The lowest BCUT2D eigenvalue weighted by atomic mass is 10.1. The molecular weight excluding hydrogens is 190 g/mol. The molecule has 2 amide bonds. The van der Waals surface area contributed by atoms with Crippen LogP contribution in [0.5, 0.6) is 0 Å². The molecule has 0 aliphatic carbocycles. The molecule has 4 N–H and O–H groups in total. The van der Waals surface area contributed by atoms with Gasteiger partial charge < -0.3 is 16.5 Å². The van der Waals surface area contributed by atoms with Gasteiger partial charge in [0.15, 0.2) is 0 Å². The molecule has 1 aromatic rings. The molecule has 0 spiro atoms. The van der Waals surface area contributed by atoms with Gasteiger partial charge in [-0.3, -0.25) is 0 Å². The van der Waals surface area contributed by atoms with E-state index in [2.05, 4.69) is 5.32 Å². The molecule has 0 bridgehead atoms.